The van der Waals surface area contributed by atoms with E-state index in [0.717, 1.165) is 35.5 Å². The maximum atomic E-state index is 5.91. The molecule has 0 heterocycles. The summed E-state index contributed by atoms with van der Waals surface area (Å²) in [5.74, 6) is 11.7. The summed E-state index contributed by atoms with van der Waals surface area (Å²) in [4.78, 5) is 0. The molecule has 2 atom stereocenters. The van der Waals surface area contributed by atoms with Gasteiger partial charge in [-0.1, -0.05) is 20.3 Å². The van der Waals surface area contributed by atoms with Crippen LogP contribution in [0.1, 0.15) is 58.8 Å². The highest BCUT2D eigenvalue weighted by Crippen LogP contribution is 2.57. The van der Waals surface area contributed by atoms with Crippen molar-refractivity contribution in [3.05, 3.63) is 0 Å². The Morgan fingerprint density at radius 1 is 1.06 bits per heavy atom. The number of hydrazine groups is 1. The lowest BCUT2D eigenvalue weighted by Gasteiger charge is -2.56. The van der Waals surface area contributed by atoms with Crippen LogP contribution in [0.25, 0.3) is 0 Å². The standard InChI is InChI=1S/C16H30N2/c1-3-10(2)4-15(18-17)16-13-6-11-5-12(8-13)9-14(16)7-11/h10-16,18H,3-9,17H2,1-2H3. The zero-order valence-corrected chi connectivity index (χ0v) is 12.1. The van der Waals surface area contributed by atoms with Crippen LogP contribution in [0.4, 0.5) is 0 Å². The van der Waals surface area contributed by atoms with Crippen molar-refractivity contribution in [3.8, 4) is 0 Å². The average molecular weight is 250 g/mol. The smallest absolute Gasteiger partial charge is 0.0246 e. The highest BCUT2D eigenvalue weighted by molar-refractivity contribution is 5.01. The van der Waals surface area contributed by atoms with E-state index in [1.54, 1.807) is 6.42 Å². The summed E-state index contributed by atoms with van der Waals surface area (Å²) in [7, 11) is 0. The van der Waals surface area contributed by atoms with E-state index >= 15 is 0 Å². The quantitative estimate of drug-likeness (QED) is 0.580. The maximum absolute atomic E-state index is 5.91. The molecule has 0 amide bonds. The molecule has 0 aromatic heterocycles. The molecule has 0 aromatic rings. The predicted molar refractivity (Wildman–Crippen MR) is 75.7 cm³/mol. The minimum Gasteiger partial charge on any atom is -0.271 e. The first-order valence-electron chi connectivity index (χ1n) is 8.17. The van der Waals surface area contributed by atoms with Crippen molar-refractivity contribution in [3.63, 3.8) is 0 Å². The molecule has 2 nitrogen and oxygen atoms in total. The van der Waals surface area contributed by atoms with Crippen LogP contribution in [0.5, 0.6) is 0 Å². The Labute approximate surface area is 112 Å². The van der Waals surface area contributed by atoms with Crippen molar-refractivity contribution >= 4 is 0 Å². The molecular formula is C16H30N2. The minimum absolute atomic E-state index is 0.579. The Kier molecular flexibility index (Phi) is 3.68. The van der Waals surface area contributed by atoms with Gasteiger partial charge in [-0.3, -0.25) is 11.3 Å². The largest absolute Gasteiger partial charge is 0.271 e. The van der Waals surface area contributed by atoms with Crippen molar-refractivity contribution < 1.29 is 0 Å². The molecule has 4 saturated carbocycles. The second kappa shape index (κ2) is 5.13. The predicted octanol–water partition coefficient (Wildman–Crippen LogP) is 3.33. The average Bonchev–Trinajstić information content (AvgIpc) is 2.35. The molecule has 4 bridgehead atoms. The monoisotopic (exact) mass is 250 g/mol. The van der Waals surface area contributed by atoms with Gasteiger partial charge < -0.3 is 0 Å². The van der Waals surface area contributed by atoms with Crippen LogP contribution in [0.15, 0.2) is 0 Å². The summed E-state index contributed by atoms with van der Waals surface area (Å²) in [5, 5.41) is 0. The van der Waals surface area contributed by atoms with E-state index in [-0.39, 0.29) is 0 Å². The third kappa shape index (κ3) is 2.22. The van der Waals surface area contributed by atoms with E-state index in [1.807, 2.05) is 0 Å². The van der Waals surface area contributed by atoms with Crippen molar-refractivity contribution in [1.82, 2.24) is 5.43 Å². The van der Waals surface area contributed by atoms with Crippen molar-refractivity contribution in [1.29, 1.82) is 0 Å². The summed E-state index contributed by atoms with van der Waals surface area (Å²) < 4.78 is 0. The first-order valence-corrected chi connectivity index (χ1v) is 8.17. The highest BCUT2D eigenvalue weighted by atomic mass is 15.2. The van der Waals surface area contributed by atoms with Crippen LogP contribution < -0.4 is 11.3 Å². The third-order valence-electron chi connectivity index (χ3n) is 6.33. The van der Waals surface area contributed by atoms with Crippen molar-refractivity contribution in [2.45, 2.75) is 64.8 Å². The molecule has 3 N–H and O–H groups in total. The van der Waals surface area contributed by atoms with E-state index in [9.17, 15) is 0 Å². The first kappa shape index (κ1) is 12.9. The van der Waals surface area contributed by atoms with Crippen LogP contribution in [0.2, 0.25) is 0 Å². The van der Waals surface area contributed by atoms with Gasteiger partial charge in [0.1, 0.15) is 0 Å². The van der Waals surface area contributed by atoms with Gasteiger partial charge in [-0.15, -0.1) is 0 Å². The fraction of sp³-hybridized carbons (Fsp3) is 1.00. The zero-order chi connectivity index (χ0) is 12.7. The Bertz CT molecular complexity index is 261. The van der Waals surface area contributed by atoms with Gasteiger partial charge in [-0.2, -0.15) is 0 Å². The fourth-order valence-electron chi connectivity index (χ4n) is 5.56. The molecule has 2 heteroatoms. The van der Waals surface area contributed by atoms with E-state index < -0.39 is 0 Å². The lowest BCUT2D eigenvalue weighted by Crippen LogP contribution is -2.54. The summed E-state index contributed by atoms with van der Waals surface area (Å²) in [6.07, 6.45) is 10.1. The molecule has 4 fully saturated rings. The van der Waals surface area contributed by atoms with Crippen LogP contribution >= 0.6 is 0 Å². The molecule has 18 heavy (non-hydrogen) atoms. The molecule has 104 valence electrons. The molecule has 0 saturated heterocycles. The summed E-state index contributed by atoms with van der Waals surface area (Å²) in [6, 6.07) is 0.579. The maximum Gasteiger partial charge on any atom is 0.0246 e. The van der Waals surface area contributed by atoms with Gasteiger partial charge in [0.25, 0.3) is 0 Å². The molecule has 4 aliphatic rings. The highest BCUT2D eigenvalue weighted by Gasteiger charge is 2.50. The van der Waals surface area contributed by atoms with E-state index in [1.165, 1.54) is 38.5 Å². The number of hydrogen-bond donors (Lipinski definition) is 2. The number of rotatable bonds is 5. The number of nitrogens with one attached hydrogen (secondary N) is 1. The van der Waals surface area contributed by atoms with E-state index in [0.29, 0.717) is 6.04 Å². The molecule has 0 aromatic carbocycles. The second-order valence-electron chi connectivity index (χ2n) is 7.53. The minimum atomic E-state index is 0.579. The van der Waals surface area contributed by atoms with Gasteiger partial charge in [0.2, 0.25) is 0 Å². The van der Waals surface area contributed by atoms with Crippen molar-refractivity contribution in [2.24, 2.45) is 41.4 Å². The SMILES string of the molecule is CCC(C)CC(NN)C1C2CC3CC(C2)CC1C3. The second-order valence-corrected chi connectivity index (χ2v) is 7.53. The molecule has 0 aliphatic heterocycles. The molecule has 4 aliphatic carbocycles. The van der Waals surface area contributed by atoms with Crippen LogP contribution in [-0.4, -0.2) is 6.04 Å². The van der Waals surface area contributed by atoms with Gasteiger partial charge in [-0.05, 0) is 74.0 Å². The molecule has 2 unspecified atom stereocenters. The summed E-state index contributed by atoms with van der Waals surface area (Å²) in [5.41, 5.74) is 3.20. The van der Waals surface area contributed by atoms with Crippen LogP contribution in [-0.2, 0) is 0 Å². The van der Waals surface area contributed by atoms with Gasteiger partial charge in [0, 0.05) is 6.04 Å². The lowest BCUT2D eigenvalue weighted by molar-refractivity contribution is -0.0547. The van der Waals surface area contributed by atoms with Gasteiger partial charge >= 0.3 is 0 Å². The van der Waals surface area contributed by atoms with Gasteiger partial charge in [-0.25, -0.2) is 0 Å². The van der Waals surface area contributed by atoms with E-state index in [2.05, 4.69) is 19.3 Å². The first-order chi connectivity index (χ1) is 8.71. The van der Waals surface area contributed by atoms with Gasteiger partial charge in [0.05, 0.1) is 0 Å². The fourth-order valence-corrected chi connectivity index (χ4v) is 5.56. The van der Waals surface area contributed by atoms with Crippen LogP contribution in [0.3, 0.4) is 0 Å². The molecular weight excluding hydrogens is 220 g/mol. The molecule has 0 spiro atoms. The normalized spacial score (nSPS) is 45.2. The van der Waals surface area contributed by atoms with Crippen LogP contribution in [0, 0.1) is 35.5 Å². The Hall–Kier alpha value is -0.0800. The number of hydrogen-bond acceptors (Lipinski definition) is 2. The Morgan fingerprint density at radius 3 is 2.06 bits per heavy atom. The van der Waals surface area contributed by atoms with Gasteiger partial charge in [0.15, 0.2) is 0 Å². The van der Waals surface area contributed by atoms with E-state index in [4.69, 9.17) is 5.84 Å². The molecule has 0 radical (unpaired) electrons. The summed E-state index contributed by atoms with van der Waals surface area (Å²) >= 11 is 0. The third-order valence-corrected chi connectivity index (χ3v) is 6.33. The van der Waals surface area contributed by atoms with Crippen molar-refractivity contribution in [2.75, 3.05) is 0 Å². The molecule has 4 rings (SSSR count). The zero-order valence-electron chi connectivity index (χ0n) is 12.1. The Balaban J connectivity index is 1.70. The lowest BCUT2D eigenvalue weighted by atomic mass is 9.50. The summed E-state index contributed by atoms with van der Waals surface area (Å²) in [6.45, 7) is 4.68. The topological polar surface area (TPSA) is 38.0 Å². The Morgan fingerprint density at radius 2 is 1.61 bits per heavy atom. The number of nitrogens with two attached hydrogens (primary N) is 1.